The predicted molar refractivity (Wildman–Crippen MR) is 90.6 cm³/mol. The molecule has 4 nitrogen and oxygen atoms in total. The van der Waals surface area contributed by atoms with Crippen molar-refractivity contribution in [1.82, 2.24) is 4.98 Å². The van der Waals surface area contributed by atoms with E-state index in [0.717, 1.165) is 15.3 Å². The fourth-order valence-electron chi connectivity index (χ4n) is 2.20. The molecule has 0 fully saturated rings. The average Bonchev–Trinajstić information content (AvgIpc) is 3.01. The van der Waals surface area contributed by atoms with Crippen molar-refractivity contribution < 1.29 is 14.3 Å². The van der Waals surface area contributed by atoms with Crippen molar-refractivity contribution in [3.8, 4) is 16.3 Å². The maximum Gasteiger partial charge on any atom is 0.380 e. The first-order valence-electron chi connectivity index (χ1n) is 7.39. The molecule has 0 spiro atoms. The third kappa shape index (κ3) is 3.29. The lowest BCUT2D eigenvalue weighted by molar-refractivity contribution is -0.147. The van der Waals surface area contributed by atoms with Crippen LogP contribution in [0, 0.1) is 0 Å². The number of nitrogens with zero attached hydrogens (tertiary/aromatic N) is 1. The molecule has 0 N–H and O–H groups in total. The zero-order chi connectivity index (χ0) is 16.2. The van der Waals surface area contributed by atoms with Crippen LogP contribution in [0.15, 0.2) is 48.5 Å². The summed E-state index contributed by atoms with van der Waals surface area (Å²) >= 11 is 1.52. The Kier molecular flexibility index (Phi) is 4.48. The molecule has 0 unspecified atom stereocenters. The normalized spacial score (nSPS) is 10.7. The van der Waals surface area contributed by atoms with Gasteiger partial charge in [-0.25, -0.2) is 9.78 Å². The van der Waals surface area contributed by atoms with Crippen LogP contribution in [0.2, 0.25) is 0 Å². The Morgan fingerprint density at radius 3 is 2.61 bits per heavy atom. The molecule has 3 rings (SSSR count). The first-order chi connectivity index (χ1) is 11.2. The number of carbonyl (C=O) groups excluding carboxylic acids is 2. The Balaban J connectivity index is 1.94. The molecule has 3 aromatic rings. The number of para-hydroxylation sites is 1. The molecule has 116 valence electrons. The lowest BCUT2D eigenvalue weighted by Gasteiger charge is -2.03. The predicted octanol–water partition coefficient (Wildman–Crippen LogP) is 4.24. The molecule has 0 atom stereocenters. The number of thiazole rings is 1. The number of benzene rings is 2. The molecule has 23 heavy (non-hydrogen) atoms. The smallest absolute Gasteiger partial charge is 0.380 e. The Hall–Kier alpha value is -2.53. The van der Waals surface area contributed by atoms with Crippen LogP contribution in [0.1, 0.15) is 19.8 Å². The maximum atomic E-state index is 11.8. The standard InChI is InChI=1S/C18H15NO3S/c1-2-7-13(20)18(21)22-14-10-6-11-15-16(14)19-17(23-15)12-8-4-3-5-9-12/h3-6,8-11H,2,7H2,1H3. The van der Waals surface area contributed by atoms with Gasteiger partial charge in [0.25, 0.3) is 0 Å². The monoisotopic (exact) mass is 325 g/mol. The molecule has 0 bridgehead atoms. The molecule has 0 aliphatic heterocycles. The minimum atomic E-state index is -0.825. The van der Waals surface area contributed by atoms with Gasteiger partial charge in [0.05, 0.1) is 4.70 Å². The van der Waals surface area contributed by atoms with Crippen LogP contribution < -0.4 is 4.74 Å². The maximum absolute atomic E-state index is 11.8. The van der Waals surface area contributed by atoms with Gasteiger partial charge in [0.2, 0.25) is 5.78 Å². The highest BCUT2D eigenvalue weighted by Crippen LogP contribution is 2.34. The summed E-state index contributed by atoms with van der Waals surface area (Å²) in [5, 5.41) is 0.851. The van der Waals surface area contributed by atoms with E-state index in [0.29, 0.717) is 17.7 Å². The summed E-state index contributed by atoms with van der Waals surface area (Å²) in [5.41, 5.74) is 1.61. The molecule has 5 heteroatoms. The Bertz CT molecular complexity index is 855. The fraction of sp³-hybridized carbons (Fsp3) is 0.167. The van der Waals surface area contributed by atoms with Crippen LogP contribution >= 0.6 is 11.3 Å². The van der Waals surface area contributed by atoms with Gasteiger partial charge in [-0.15, -0.1) is 11.3 Å². The molecule has 0 saturated carbocycles. The number of carbonyl (C=O) groups is 2. The molecule has 0 radical (unpaired) electrons. The molecule has 0 aliphatic carbocycles. The number of rotatable bonds is 5. The minimum absolute atomic E-state index is 0.196. The summed E-state index contributed by atoms with van der Waals surface area (Å²) in [7, 11) is 0. The van der Waals surface area contributed by atoms with Gasteiger partial charge in [-0.2, -0.15) is 0 Å². The SMILES string of the molecule is CCCC(=O)C(=O)Oc1cccc2sc(-c3ccccc3)nc12. The van der Waals surface area contributed by atoms with Crippen LogP contribution in [0.25, 0.3) is 20.8 Å². The van der Waals surface area contributed by atoms with Gasteiger partial charge in [0.15, 0.2) is 5.75 Å². The Morgan fingerprint density at radius 1 is 1.09 bits per heavy atom. The summed E-state index contributed by atoms with van der Waals surface area (Å²) in [6.07, 6.45) is 0.814. The number of hydrogen-bond donors (Lipinski definition) is 0. The van der Waals surface area contributed by atoms with Crippen molar-refractivity contribution in [3.05, 3.63) is 48.5 Å². The molecule has 1 aromatic heterocycles. The quantitative estimate of drug-likeness (QED) is 0.400. The Morgan fingerprint density at radius 2 is 1.87 bits per heavy atom. The summed E-state index contributed by atoms with van der Waals surface area (Å²) < 4.78 is 6.16. The lowest BCUT2D eigenvalue weighted by Crippen LogP contribution is -2.19. The van der Waals surface area contributed by atoms with Crippen molar-refractivity contribution in [2.45, 2.75) is 19.8 Å². The largest absolute Gasteiger partial charge is 0.418 e. The van der Waals surface area contributed by atoms with E-state index in [1.165, 1.54) is 11.3 Å². The fourth-order valence-corrected chi connectivity index (χ4v) is 3.18. The topological polar surface area (TPSA) is 56.3 Å². The van der Waals surface area contributed by atoms with Gasteiger partial charge in [-0.1, -0.05) is 43.3 Å². The third-order valence-electron chi connectivity index (χ3n) is 3.31. The number of aromatic nitrogens is 1. The Labute approximate surface area is 137 Å². The van der Waals surface area contributed by atoms with Gasteiger partial charge >= 0.3 is 5.97 Å². The number of hydrogen-bond acceptors (Lipinski definition) is 5. The van der Waals surface area contributed by atoms with Gasteiger partial charge in [0, 0.05) is 12.0 Å². The number of fused-ring (bicyclic) bond motifs is 1. The number of esters is 1. The van der Waals surface area contributed by atoms with E-state index in [1.54, 1.807) is 12.1 Å². The van der Waals surface area contributed by atoms with E-state index in [4.69, 9.17) is 4.74 Å². The van der Waals surface area contributed by atoms with E-state index in [9.17, 15) is 9.59 Å². The van der Waals surface area contributed by atoms with E-state index in [2.05, 4.69) is 4.98 Å². The molecule has 2 aromatic carbocycles. The van der Waals surface area contributed by atoms with E-state index in [1.807, 2.05) is 43.3 Å². The van der Waals surface area contributed by atoms with Crippen molar-refractivity contribution in [1.29, 1.82) is 0 Å². The van der Waals surface area contributed by atoms with Crippen LogP contribution in [-0.4, -0.2) is 16.7 Å². The summed E-state index contributed by atoms with van der Waals surface area (Å²) in [6.45, 7) is 1.85. The second kappa shape index (κ2) is 6.71. The van der Waals surface area contributed by atoms with E-state index >= 15 is 0 Å². The summed E-state index contributed by atoms with van der Waals surface area (Å²) in [6, 6.07) is 15.2. The molecule has 0 aliphatic rings. The van der Waals surface area contributed by atoms with Gasteiger partial charge < -0.3 is 4.74 Å². The van der Waals surface area contributed by atoms with Crippen LogP contribution in [0.4, 0.5) is 0 Å². The molecule has 0 amide bonds. The van der Waals surface area contributed by atoms with E-state index < -0.39 is 11.8 Å². The zero-order valence-corrected chi connectivity index (χ0v) is 13.4. The van der Waals surface area contributed by atoms with Crippen molar-refractivity contribution in [2.75, 3.05) is 0 Å². The summed E-state index contributed by atoms with van der Waals surface area (Å²) in [5.74, 6) is -1.01. The molecule has 1 heterocycles. The lowest BCUT2D eigenvalue weighted by atomic mass is 10.2. The van der Waals surface area contributed by atoms with Crippen molar-refractivity contribution in [3.63, 3.8) is 0 Å². The highest BCUT2D eigenvalue weighted by molar-refractivity contribution is 7.21. The minimum Gasteiger partial charge on any atom is -0.418 e. The van der Waals surface area contributed by atoms with Gasteiger partial charge in [0.1, 0.15) is 10.5 Å². The first-order valence-corrected chi connectivity index (χ1v) is 8.20. The average molecular weight is 325 g/mol. The zero-order valence-electron chi connectivity index (χ0n) is 12.6. The highest BCUT2D eigenvalue weighted by atomic mass is 32.1. The van der Waals surface area contributed by atoms with E-state index in [-0.39, 0.29) is 6.42 Å². The van der Waals surface area contributed by atoms with Crippen molar-refractivity contribution in [2.24, 2.45) is 0 Å². The first kappa shape index (κ1) is 15.4. The summed E-state index contributed by atoms with van der Waals surface area (Å²) in [4.78, 5) is 28.0. The molecular formula is C18H15NO3S. The number of ketones is 1. The number of ether oxygens (including phenoxy) is 1. The van der Waals surface area contributed by atoms with Crippen LogP contribution in [0.3, 0.4) is 0 Å². The second-order valence-corrected chi connectivity index (χ2v) is 6.08. The third-order valence-corrected chi connectivity index (χ3v) is 4.38. The van der Waals surface area contributed by atoms with Crippen LogP contribution in [0.5, 0.6) is 5.75 Å². The highest BCUT2D eigenvalue weighted by Gasteiger charge is 2.18. The second-order valence-electron chi connectivity index (χ2n) is 5.05. The van der Waals surface area contributed by atoms with Crippen LogP contribution in [-0.2, 0) is 9.59 Å². The van der Waals surface area contributed by atoms with Crippen molar-refractivity contribution >= 4 is 33.3 Å². The van der Waals surface area contributed by atoms with Gasteiger partial charge in [-0.3, -0.25) is 4.79 Å². The molecule has 0 saturated heterocycles. The number of Topliss-reactive ketones (excluding diaryl/α,β-unsaturated/α-hetero) is 1. The molecular weight excluding hydrogens is 310 g/mol. The van der Waals surface area contributed by atoms with Gasteiger partial charge in [-0.05, 0) is 18.6 Å².